The lowest BCUT2D eigenvalue weighted by Gasteiger charge is -2.01. The summed E-state index contributed by atoms with van der Waals surface area (Å²) in [7, 11) is 2.62. The maximum absolute atomic E-state index is 13.5. The zero-order valence-corrected chi connectivity index (χ0v) is 27.0. The van der Waals surface area contributed by atoms with E-state index in [-0.39, 0.29) is 11.6 Å². The van der Waals surface area contributed by atoms with Gasteiger partial charge in [0.2, 0.25) is 0 Å². The van der Waals surface area contributed by atoms with Gasteiger partial charge in [-0.1, -0.05) is 36.1 Å². The van der Waals surface area contributed by atoms with Crippen LogP contribution in [-0.4, -0.2) is 46.1 Å². The van der Waals surface area contributed by atoms with E-state index < -0.39 is 11.9 Å². The van der Waals surface area contributed by atoms with Crippen molar-refractivity contribution in [2.45, 2.75) is 0 Å². The van der Waals surface area contributed by atoms with Crippen molar-refractivity contribution in [2.75, 3.05) is 14.2 Å². The molecule has 0 aliphatic carbocycles. The highest BCUT2D eigenvalue weighted by Crippen LogP contribution is 2.14. The zero-order valence-electron chi connectivity index (χ0n) is 24.9. The van der Waals surface area contributed by atoms with Crippen LogP contribution in [0.5, 0.6) is 0 Å². The Morgan fingerprint density at radius 3 is 1.68 bits per heavy atom. The number of rotatable bonds is 2. The monoisotopic (exact) mass is 740 g/mol. The van der Waals surface area contributed by atoms with Crippen molar-refractivity contribution in [3.63, 3.8) is 0 Å². The van der Waals surface area contributed by atoms with Crippen LogP contribution in [0.2, 0.25) is 0 Å². The van der Waals surface area contributed by atoms with Crippen LogP contribution in [0.15, 0.2) is 97.3 Å². The van der Waals surface area contributed by atoms with Crippen molar-refractivity contribution in [3.05, 3.63) is 141 Å². The highest BCUT2D eigenvalue weighted by atomic mass is 127. The van der Waals surface area contributed by atoms with Crippen LogP contribution in [0.25, 0.3) is 22.1 Å². The van der Waals surface area contributed by atoms with E-state index in [0.717, 1.165) is 0 Å². The molecule has 0 saturated heterocycles. The van der Waals surface area contributed by atoms with Gasteiger partial charge in [-0.2, -0.15) is 0 Å². The minimum Gasteiger partial charge on any atom is -0.465 e. The fraction of sp³-hybridized carbons (Fsp3) is 0.0556. The molecule has 0 aliphatic rings. The van der Waals surface area contributed by atoms with E-state index in [0.29, 0.717) is 53.7 Å². The van der Waals surface area contributed by atoms with Gasteiger partial charge in [0.1, 0.15) is 23.0 Å². The smallest absolute Gasteiger partial charge is 0.339 e. The fourth-order valence-electron chi connectivity index (χ4n) is 3.76. The van der Waals surface area contributed by atoms with Crippen LogP contribution in [-0.2, 0) is 9.47 Å². The molecular formula is C36H23F2IN4O4. The number of hydrogen-bond acceptors (Lipinski definition) is 8. The lowest BCUT2D eigenvalue weighted by molar-refractivity contribution is 0.0591. The molecule has 0 spiro atoms. The van der Waals surface area contributed by atoms with Gasteiger partial charge in [0.05, 0.1) is 53.0 Å². The van der Waals surface area contributed by atoms with Gasteiger partial charge >= 0.3 is 11.9 Å². The van der Waals surface area contributed by atoms with Crippen LogP contribution in [0, 0.1) is 39.4 Å². The summed E-state index contributed by atoms with van der Waals surface area (Å²) in [6, 6.07) is 23.0. The predicted octanol–water partition coefficient (Wildman–Crippen LogP) is 6.78. The van der Waals surface area contributed by atoms with Crippen LogP contribution in [0.4, 0.5) is 8.78 Å². The van der Waals surface area contributed by atoms with Crippen LogP contribution in [0.3, 0.4) is 0 Å². The molecule has 0 fully saturated rings. The molecule has 8 nitrogen and oxygen atoms in total. The van der Waals surface area contributed by atoms with Crippen molar-refractivity contribution in [2.24, 2.45) is 0 Å². The lowest BCUT2D eigenvalue weighted by atomic mass is 10.2. The number of hydrogen-bond donors (Lipinski definition) is 0. The SMILES string of the molecule is C#Cc1ccc2ncc(C(=O)OC)cc2n1.COC(=O)c1cnc2ccc(C#Cc3ccccc3F)nc2c1.Fc1ccccc1I. The van der Waals surface area contributed by atoms with E-state index in [1.54, 1.807) is 66.7 Å². The number of esters is 2. The maximum atomic E-state index is 13.5. The lowest BCUT2D eigenvalue weighted by Crippen LogP contribution is -2.02. The third-order valence-electron chi connectivity index (χ3n) is 6.09. The van der Waals surface area contributed by atoms with Gasteiger partial charge in [0.25, 0.3) is 0 Å². The Labute approximate surface area is 282 Å². The van der Waals surface area contributed by atoms with Gasteiger partial charge in [-0.3, -0.25) is 9.97 Å². The van der Waals surface area contributed by atoms with Crippen molar-refractivity contribution in [1.29, 1.82) is 0 Å². The molecular weight excluding hydrogens is 717 g/mol. The van der Waals surface area contributed by atoms with Crippen molar-refractivity contribution in [3.8, 4) is 24.2 Å². The highest BCUT2D eigenvalue weighted by Gasteiger charge is 2.09. The summed E-state index contributed by atoms with van der Waals surface area (Å²) in [5.41, 5.74) is 4.37. The van der Waals surface area contributed by atoms with Gasteiger partial charge in [-0.15, -0.1) is 6.42 Å². The first kappa shape index (κ1) is 34.1. The largest absolute Gasteiger partial charge is 0.465 e. The number of ether oxygens (including phenoxy) is 2. The predicted molar refractivity (Wildman–Crippen MR) is 181 cm³/mol. The molecule has 4 aromatic heterocycles. The molecule has 6 aromatic rings. The zero-order chi connectivity index (χ0) is 33.8. The van der Waals surface area contributed by atoms with E-state index in [9.17, 15) is 18.4 Å². The number of aromatic nitrogens is 4. The van der Waals surface area contributed by atoms with Gasteiger partial charge in [-0.25, -0.2) is 28.3 Å². The minimum absolute atomic E-state index is 0.145. The average molecular weight is 741 g/mol. The average Bonchev–Trinajstić information content (AvgIpc) is 3.11. The normalized spacial score (nSPS) is 9.79. The first-order valence-electron chi connectivity index (χ1n) is 13.6. The molecule has 11 heteroatoms. The topological polar surface area (TPSA) is 104 Å². The Hall–Kier alpha value is -5.79. The third kappa shape index (κ3) is 9.36. The summed E-state index contributed by atoms with van der Waals surface area (Å²) in [5.74, 6) is 6.53. The summed E-state index contributed by atoms with van der Waals surface area (Å²) in [6.45, 7) is 0. The van der Waals surface area contributed by atoms with Gasteiger partial charge < -0.3 is 9.47 Å². The maximum Gasteiger partial charge on any atom is 0.339 e. The number of carbonyl (C=O) groups excluding carboxylic acids is 2. The molecule has 0 radical (unpaired) electrons. The quantitative estimate of drug-likeness (QED) is 0.109. The van der Waals surface area contributed by atoms with E-state index in [2.05, 4.69) is 47.2 Å². The molecule has 2 aromatic carbocycles. The second-order valence-corrected chi connectivity index (χ2v) is 10.4. The van der Waals surface area contributed by atoms with E-state index in [4.69, 9.17) is 6.42 Å². The van der Waals surface area contributed by atoms with Gasteiger partial charge in [0, 0.05) is 16.0 Å². The summed E-state index contributed by atoms with van der Waals surface area (Å²) in [4.78, 5) is 39.6. The second-order valence-electron chi connectivity index (χ2n) is 9.19. The summed E-state index contributed by atoms with van der Waals surface area (Å²) >= 11 is 1.95. The fourth-order valence-corrected chi connectivity index (χ4v) is 4.14. The standard InChI is InChI=1S/C18H11FN2O2.C12H8N2O2.C6H4FI/c1-23-18(22)13-10-17-16(20-11-13)9-8-14(21-17)7-6-12-4-2-3-5-15(12)19;1-3-9-4-5-10-11(14-9)6-8(7-13-10)12(15)16-2;7-5-3-1-2-4-6(5)8/h2-5,8-11H,1H3;1,4-7H,2H3;1-4H. The van der Waals surface area contributed by atoms with Gasteiger partial charge in [0.15, 0.2) is 0 Å². The first-order valence-corrected chi connectivity index (χ1v) is 14.6. The van der Waals surface area contributed by atoms with Crippen LogP contribution < -0.4 is 0 Å². The van der Waals surface area contributed by atoms with Crippen molar-refractivity contribution >= 4 is 56.6 Å². The minimum atomic E-state index is -0.482. The molecule has 0 N–H and O–H groups in total. The molecule has 0 bridgehead atoms. The Bertz CT molecular complexity index is 2170. The highest BCUT2D eigenvalue weighted by molar-refractivity contribution is 14.1. The Morgan fingerprint density at radius 2 is 1.19 bits per heavy atom. The Balaban J connectivity index is 0.000000180. The Kier molecular flexibility index (Phi) is 12.0. The molecule has 0 saturated carbocycles. The molecule has 4 heterocycles. The molecule has 47 heavy (non-hydrogen) atoms. The number of pyridine rings is 4. The van der Waals surface area contributed by atoms with E-state index >= 15 is 0 Å². The number of halogens is 3. The number of terminal acetylenes is 1. The number of nitrogens with zero attached hydrogens (tertiary/aromatic N) is 4. The Morgan fingerprint density at radius 1 is 0.681 bits per heavy atom. The number of methoxy groups -OCH3 is 2. The number of fused-ring (bicyclic) bond motifs is 2. The molecule has 232 valence electrons. The molecule has 6 rings (SSSR count). The van der Waals surface area contributed by atoms with E-state index in [1.807, 2.05) is 28.7 Å². The van der Waals surface area contributed by atoms with Crippen molar-refractivity contribution in [1.82, 2.24) is 19.9 Å². The third-order valence-corrected chi connectivity index (χ3v) is 6.96. The molecule has 0 aliphatic heterocycles. The second kappa shape index (κ2) is 16.5. The van der Waals surface area contributed by atoms with Gasteiger partial charge in [-0.05, 0) is 89.2 Å². The summed E-state index contributed by atoms with van der Waals surface area (Å²) in [5, 5.41) is 0. The van der Waals surface area contributed by atoms with Crippen LogP contribution in [0.1, 0.15) is 37.7 Å². The first-order chi connectivity index (χ1) is 22.7. The molecule has 0 amide bonds. The van der Waals surface area contributed by atoms with Crippen LogP contribution >= 0.6 is 22.6 Å². The van der Waals surface area contributed by atoms with E-state index in [1.165, 1.54) is 38.7 Å². The summed E-state index contributed by atoms with van der Waals surface area (Å²) < 4.78 is 35.8. The molecule has 0 unspecified atom stereocenters. The van der Waals surface area contributed by atoms with Crippen molar-refractivity contribution < 1.29 is 27.8 Å². The summed E-state index contributed by atoms with van der Waals surface area (Å²) in [6.07, 6.45) is 8.12. The molecule has 0 atom stereocenters. The number of carbonyl (C=O) groups is 2. The number of benzene rings is 2.